The van der Waals surface area contributed by atoms with Gasteiger partial charge in [0, 0.05) is 24.9 Å². The number of hydrogen-bond donors (Lipinski definition) is 2. The molecule has 0 saturated carbocycles. The molecule has 0 atom stereocenters. The molecule has 0 saturated heterocycles. The maximum atomic E-state index is 11.3. The second kappa shape index (κ2) is 9.29. The van der Waals surface area contributed by atoms with Crippen molar-refractivity contribution in [2.24, 2.45) is 5.90 Å². The van der Waals surface area contributed by atoms with Gasteiger partial charge in [-0.25, -0.2) is 10.9 Å². The molecule has 3 N–H and O–H groups in total. The van der Waals surface area contributed by atoms with Crippen LogP contribution in [0.5, 0.6) is 0 Å². The molecule has 0 bridgehead atoms. The van der Waals surface area contributed by atoms with Gasteiger partial charge in [0.15, 0.2) is 0 Å². The Balaban J connectivity index is 2.02. The number of rotatable bonds is 8. The first-order valence-electron chi connectivity index (χ1n) is 5.12. The predicted molar refractivity (Wildman–Crippen MR) is 70.3 cm³/mol. The molecule has 0 fully saturated rings. The third-order valence-electron chi connectivity index (χ3n) is 1.74. The van der Waals surface area contributed by atoms with E-state index >= 15 is 0 Å². The number of carbonyl (C=O) groups excluding carboxylic acids is 1. The lowest BCUT2D eigenvalue weighted by Crippen LogP contribution is -2.28. The molecule has 7 heteroatoms. The van der Waals surface area contributed by atoms with Crippen molar-refractivity contribution in [1.82, 2.24) is 10.3 Å². The maximum absolute atomic E-state index is 11.3. The van der Waals surface area contributed by atoms with Gasteiger partial charge in [0.2, 0.25) is 5.91 Å². The van der Waals surface area contributed by atoms with E-state index in [1.54, 1.807) is 27.8 Å². The highest BCUT2D eigenvalue weighted by atomic mass is 33.1. The van der Waals surface area contributed by atoms with Gasteiger partial charge in [-0.15, -0.1) is 0 Å². The van der Waals surface area contributed by atoms with Crippen LogP contribution >= 0.6 is 21.6 Å². The minimum Gasteiger partial charge on any atom is -0.354 e. The Morgan fingerprint density at radius 2 is 2.41 bits per heavy atom. The molecular formula is C10H15N3O2S2. The van der Waals surface area contributed by atoms with Crippen molar-refractivity contribution >= 4 is 27.5 Å². The number of nitrogens with one attached hydrogen (secondary N) is 1. The lowest BCUT2D eigenvalue weighted by molar-refractivity contribution is -0.120. The van der Waals surface area contributed by atoms with Gasteiger partial charge in [-0.1, -0.05) is 16.9 Å². The molecule has 0 spiro atoms. The van der Waals surface area contributed by atoms with Crippen molar-refractivity contribution in [2.45, 2.75) is 11.4 Å². The second-order valence-corrected chi connectivity index (χ2v) is 5.48. The van der Waals surface area contributed by atoms with E-state index in [0.717, 1.165) is 10.8 Å². The molecule has 0 aliphatic heterocycles. The Labute approximate surface area is 108 Å². The van der Waals surface area contributed by atoms with E-state index in [1.807, 2.05) is 18.2 Å². The van der Waals surface area contributed by atoms with Crippen LogP contribution in [0.25, 0.3) is 0 Å². The number of nitrogens with two attached hydrogens (primary N) is 1. The summed E-state index contributed by atoms with van der Waals surface area (Å²) in [5, 5.41) is 3.65. The lowest BCUT2D eigenvalue weighted by atomic mass is 10.4. The Bertz CT molecular complexity index is 325. The number of amides is 1. The average Bonchev–Trinajstić information content (AvgIpc) is 2.36. The van der Waals surface area contributed by atoms with E-state index in [-0.39, 0.29) is 5.91 Å². The van der Waals surface area contributed by atoms with Gasteiger partial charge >= 0.3 is 0 Å². The van der Waals surface area contributed by atoms with Crippen LogP contribution in [0, 0.1) is 0 Å². The van der Waals surface area contributed by atoms with Gasteiger partial charge in [0.25, 0.3) is 0 Å². The van der Waals surface area contributed by atoms with Crippen LogP contribution in [0.15, 0.2) is 29.4 Å². The molecule has 1 amide bonds. The van der Waals surface area contributed by atoms with E-state index in [1.165, 1.54) is 0 Å². The summed E-state index contributed by atoms with van der Waals surface area (Å²) in [4.78, 5) is 19.8. The van der Waals surface area contributed by atoms with E-state index < -0.39 is 0 Å². The molecule has 17 heavy (non-hydrogen) atoms. The molecule has 1 heterocycles. The Hall–Kier alpha value is -0.760. The van der Waals surface area contributed by atoms with Crippen molar-refractivity contribution < 1.29 is 9.63 Å². The highest BCUT2D eigenvalue weighted by Gasteiger charge is 2.01. The fourth-order valence-electron chi connectivity index (χ4n) is 0.971. The van der Waals surface area contributed by atoms with Gasteiger partial charge in [0.1, 0.15) is 5.03 Å². The molecular weight excluding hydrogens is 258 g/mol. The molecule has 1 rings (SSSR count). The van der Waals surface area contributed by atoms with Gasteiger partial charge in [-0.3, -0.25) is 4.79 Å². The summed E-state index contributed by atoms with van der Waals surface area (Å²) in [6.07, 6.45) is 2.23. The topological polar surface area (TPSA) is 77.2 Å². The summed E-state index contributed by atoms with van der Waals surface area (Å²) >= 11 is 0. The Morgan fingerprint density at radius 3 is 3.12 bits per heavy atom. The summed E-state index contributed by atoms with van der Waals surface area (Å²) in [7, 11) is 3.18. The monoisotopic (exact) mass is 273 g/mol. The van der Waals surface area contributed by atoms with Crippen molar-refractivity contribution in [3.8, 4) is 0 Å². The van der Waals surface area contributed by atoms with E-state index in [2.05, 4.69) is 15.1 Å². The van der Waals surface area contributed by atoms with Crippen molar-refractivity contribution in [3.63, 3.8) is 0 Å². The highest BCUT2D eigenvalue weighted by Crippen LogP contribution is 2.29. The summed E-state index contributed by atoms with van der Waals surface area (Å²) in [6.45, 7) is 0.787. The summed E-state index contributed by atoms with van der Waals surface area (Å²) in [6, 6.07) is 5.76. The standard InChI is InChI=1S/C10H15N3O2S2/c11-15-7-6-12-9(14)4-8-16-17-10-3-1-2-5-13-10/h1-3,5H,4,6-8,11H2,(H,12,14). The summed E-state index contributed by atoms with van der Waals surface area (Å²) in [5.41, 5.74) is 0. The minimum absolute atomic E-state index is 0.0103. The fourth-order valence-corrected chi connectivity index (χ4v) is 2.84. The number of aromatic nitrogens is 1. The molecule has 0 unspecified atom stereocenters. The van der Waals surface area contributed by atoms with Crippen LogP contribution in [0.3, 0.4) is 0 Å². The largest absolute Gasteiger partial charge is 0.354 e. The number of hydrogen-bond acceptors (Lipinski definition) is 6. The smallest absolute Gasteiger partial charge is 0.220 e. The zero-order valence-electron chi connectivity index (χ0n) is 9.30. The number of pyridine rings is 1. The third-order valence-corrected chi connectivity index (χ3v) is 4.00. The first-order valence-corrected chi connectivity index (χ1v) is 7.43. The van der Waals surface area contributed by atoms with Crippen LogP contribution in [0.2, 0.25) is 0 Å². The summed E-state index contributed by atoms with van der Waals surface area (Å²) in [5.74, 6) is 5.59. The number of nitrogens with zero attached hydrogens (tertiary/aromatic N) is 1. The SMILES string of the molecule is NOCCNC(=O)CCSSc1ccccn1. The molecule has 0 radical (unpaired) electrons. The van der Waals surface area contributed by atoms with E-state index in [0.29, 0.717) is 19.6 Å². The van der Waals surface area contributed by atoms with Gasteiger partial charge in [-0.05, 0) is 22.9 Å². The quantitative estimate of drug-likeness (QED) is 0.421. The lowest BCUT2D eigenvalue weighted by Gasteiger charge is -2.03. The van der Waals surface area contributed by atoms with E-state index in [4.69, 9.17) is 5.90 Å². The first kappa shape index (κ1) is 14.3. The van der Waals surface area contributed by atoms with Crippen molar-refractivity contribution in [1.29, 1.82) is 0 Å². The van der Waals surface area contributed by atoms with Crippen LogP contribution in [0.1, 0.15) is 6.42 Å². The highest BCUT2D eigenvalue weighted by molar-refractivity contribution is 8.76. The Kier molecular flexibility index (Phi) is 7.81. The third kappa shape index (κ3) is 7.22. The molecule has 1 aromatic heterocycles. The van der Waals surface area contributed by atoms with Crippen LogP contribution in [-0.4, -0.2) is 29.8 Å². The van der Waals surface area contributed by atoms with Crippen LogP contribution in [-0.2, 0) is 9.63 Å². The van der Waals surface area contributed by atoms with Gasteiger partial charge < -0.3 is 10.2 Å². The van der Waals surface area contributed by atoms with Crippen molar-refractivity contribution in [3.05, 3.63) is 24.4 Å². The second-order valence-electron chi connectivity index (χ2n) is 3.04. The maximum Gasteiger partial charge on any atom is 0.220 e. The molecule has 0 aliphatic rings. The van der Waals surface area contributed by atoms with Crippen LogP contribution < -0.4 is 11.2 Å². The summed E-state index contributed by atoms with van der Waals surface area (Å²) < 4.78 is 0. The molecule has 1 aromatic rings. The zero-order valence-corrected chi connectivity index (χ0v) is 10.9. The Morgan fingerprint density at radius 1 is 1.53 bits per heavy atom. The average molecular weight is 273 g/mol. The fraction of sp³-hybridized carbons (Fsp3) is 0.400. The van der Waals surface area contributed by atoms with Crippen LogP contribution in [0.4, 0.5) is 0 Å². The minimum atomic E-state index is 0.0103. The number of carbonyl (C=O) groups is 1. The first-order chi connectivity index (χ1) is 8.33. The zero-order chi connectivity index (χ0) is 12.3. The molecule has 94 valence electrons. The molecule has 0 aliphatic carbocycles. The molecule has 0 aromatic carbocycles. The van der Waals surface area contributed by atoms with E-state index in [9.17, 15) is 4.79 Å². The molecule has 5 nitrogen and oxygen atoms in total. The van der Waals surface area contributed by atoms with Crippen molar-refractivity contribution in [2.75, 3.05) is 18.9 Å². The predicted octanol–water partition coefficient (Wildman–Crippen LogP) is 1.22. The van der Waals surface area contributed by atoms with Gasteiger partial charge in [0.05, 0.1) is 6.61 Å². The van der Waals surface area contributed by atoms with Gasteiger partial charge in [-0.2, -0.15) is 0 Å². The normalized spacial score (nSPS) is 10.2.